The molecule has 9 heteroatoms. The Balaban J connectivity index is 2.30. The average Bonchev–Trinajstić information content (AvgIpc) is 2.53. The van der Waals surface area contributed by atoms with Gasteiger partial charge in [0.25, 0.3) is 10.1 Å². The number of benzene rings is 2. The first-order chi connectivity index (χ1) is 10.8. The van der Waals surface area contributed by atoms with E-state index in [1.807, 2.05) is 0 Å². The smallest absolute Gasteiger partial charge is 0.294 e. The number of hydrogen-bond acceptors (Lipinski definition) is 7. The number of hydrogen-bond donors (Lipinski definition) is 2. The Morgan fingerprint density at radius 3 is 1.83 bits per heavy atom. The first-order valence-electron chi connectivity index (χ1n) is 6.29. The highest BCUT2D eigenvalue weighted by Crippen LogP contribution is 2.40. The second-order valence-electron chi connectivity index (χ2n) is 4.37. The van der Waals surface area contributed by atoms with Crippen LogP contribution in [0.1, 0.15) is 0 Å². The molecule has 0 amide bonds. The number of nitrogens with zero attached hydrogens (tertiary/aromatic N) is 2. The van der Waals surface area contributed by atoms with Crippen molar-refractivity contribution in [3.63, 3.8) is 0 Å². The zero-order valence-electron chi connectivity index (χ0n) is 12.3. The Morgan fingerprint density at radius 2 is 1.39 bits per heavy atom. The maximum atomic E-state index is 10.9. The predicted octanol–water partition coefficient (Wildman–Crippen LogP) is 3.07. The lowest BCUT2D eigenvalue weighted by Gasteiger charge is -2.08. The van der Waals surface area contributed by atoms with Crippen molar-refractivity contribution >= 4 is 21.5 Å². The molecular formula is C14H14N2O6S. The van der Waals surface area contributed by atoms with Crippen molar-refractivity contribution in [3.8, 4) is 17.2 Å². The Labute approximate surface area is 132 Å². The highest BCUT2D eigenvalue weighted by Gasteiger charge is 2.11. The quantitative estimate of drug-likeness (QED) is 0.639. The third kappa shape index (κ3) is 3.96. The van der Waals surface area contributed by atoms with Gasteiger partial charge in [-0.3, -0.25) is 4.55 Å². The first-order valence-corrected chi connectivity index (χ1v) is 7.73. The molecule has 0 unspecified atom stereocenters. The number of phenolic OH excluding ortho intramolecular Hbond substituents is 1. The molecule has 0 atom stereocenters. The topological polar surface area (TPSA) is 118 Å². The summed E-state index contributed by atoms with van der Waals surface area (Å²) < 4.78 is 40.8. The highest BCUT2D eigenvalue weighted by molar-refractivity contribution is 7.85. The number of ether oxygens (including phenoxy) is 2. The van der Waals surface area contributed by atoms with Crippen molar-refractivity contribution in [2.75, 3.05) is 14.2 Å². The van der Waals surface area contributed by atoms with Crippen molar-refractivity contribution in [2.24, 2.45) is 10.2 Å². The summed E-state index contributed by atoms with van der Waals surface area (Å²) in [5, 5.41) is 17.7. The fraction of sp³-hybridized carbons (Fsp3) is 0.143. The fourth-order valence-corrected chi connectivity index (χ4v) is 2.22. The largest absolute Gasteiger partial charge is 0.502 e. The van der Waals surface area contributed by atoms with E-state index in [2.05, 4.69) is 10.2 Å². The zero-order chi connectivity index (χ0) is 17.0. The van der Waals surface area contributed by atoms with Gasteiger partial charge in [-0.25, -0.2) is 0 Å². The van der Waals surface area contributed by atoms with Gasteiger partial charge in [-0.15, -0.1) is 0 Å². The lowest BCUT2D eigenvalue weighted by Crippen LogP contribution is -1.96. The molecule has 23 heavy (non-hydrogen) atoms. The Morgan fingerprint density at radius 1 is 0.913 bits per heavy atom. The number of aromatic hydroxyl groups is 1. The normalized spacial score (nSPS) is 11.6. The number of azo groups is 1. The van der Waals surface area contributed by atoms with Crippen LogP contribution in [-0.4, -0.2) is 32.3 Å². The Hall–Kier alpha value is -2.65. The van der Waals surface area contributed by atoms with E-state index in [4.69, 9.17) is 14.0 Å². The summed E-state index contributed by atoms with van der Waals surface area (Å²) in [4.78, 5) is -0.232. The van der Waals surface area contributed by atoms with Crippen molar-refractivity contribution in [2.45, 2.75) is 4.90 Å². The van der Waals surface area contributed by atoms with E-state index < -0.39 is 10.1 Å². The molecule has 0 aromatic heterocycles. The number of phenols is 1. The third-order valence-corrected chi connectivity index (χ3v) is 3.75. The molecule has 2 aromatic carbocycles. The van der Waals surface area contributed by atoms with Gasteiger partial charge in [0.2, 0.25) is 5.75 Å². The maximum absolute atomic E-state index is 10.9. The summed E-state index contributed by atoms with van der Waals surface area (Å²) in [5.74, 6) is 0.214. The van der Waals surface area contributed by atoms with Crippen molar-refractivity contribution in [3.05, 3.63) is 36.4 Å². The van der Waals surface area contributed by atoms with Crippen molar-refractivity contribution < 1.29 is 27.6 Å². The third-order valence-electron chi connectivity index (χ3n) is 2.88. The van der Waals surface area contributed by atoms with Crippen LogP contribution in [0.4, 0.5) is 11.4 Å². The highest BCUT2D eigenvalue weighted by atomic mass is 32.2. The summed E-state index contributed by atoms with van der Waals surface area (Å²) in [5.41, 5.74) is 0.749. The lowest BCUT2D eigenvalue weighted by atomic mass is 10.2. The van der Waals surface area contributed by atoms with E-state index in [0.29, 0.717) is 11.4 Å². The van der Waals surface area contributed by atoms with Gasteiger partial charge in [-0.1, -0.05) is 0 Å². The molecule has 0 bridgehead atoms. The van der Waals surface area contributed by atoms with Gasteiger partial charge in [0, 0.05) is 12.1 Å². The molecule has 0 radical (unpaired) electrons. The van der Waals surface area contributed by atoms with Gasteiger partial charge in [0.1, 0.15) is 0 Å². The van der Waals surface area contributed by atoms with Crippen LogP contribution in [0.5, 0.6) is 17.2 Å². The first kappa shape index (κ1) is 16.7. The van der Waals surface area contributed by atoms with Crippen LogP contribution in [0.3, 0.4) is 0 Å². The molecule has 0 saturated carbocycles. The minimum absolute atomic E-state index is 0.147. The standard InChI is InChI=1S/C14H14N2O6S/c1-21-12-7-10(8-13(22-2)14(12)17)16-15-9-3-5-11(6-4-9)23(18,19)20/h3-8,17H,1-2H3,(H,18,19,20)/b16-15+. The number of methoxy groups -OCH3 is 2. The lowest BCUT2D eigenvalue weighted by molar-refractivity contribution is 0.340. The van der Waals surface area contributed by atoms with Gasteiger partial charge in [-0.2, -0.15) is 18.6 Å². The monoisotopic (exact) mass is 338 g/mol. The summed E-state index contributed by atoms with van der Waals surface area (Å²) >= 11 is 0. The SMILES string of the molecule is COc1cc(/N=N/c2ccc(S(=O)(=O)O)cc2)cc(OC)c1O. The molecule has 2 rings (SSSR count). The molecule has 0 aliphatic heterocycles. The van der Waals surface area contributed by atoms with Gasteiger partial charge < -0.3 is 14.6 Å². The van der Waals surface area contributed by atoms with Gasteiger partial charge >= 0.3 is 0 Å². The van der Waals surface area contributed by atoms with Gasteiger partial charge in [0.15, 0.2) is 11.5 Å². The molecule has 8 nitrogen and oxygen atoms in total. The van der Waals surface area contributed by atoms with E-state index in [9.17, 15) is 13.5 Å². The minimum atomic E-state index is -4.24. The average molecular weight is 338 g/mol. The second kappa shape index (κ2) is 6.63. The summed E-state index contributed by atoms with van der Waals surface area (Å²) in [6.07, 6.45) is 0. The molecule has 0 saturated heterocycles. The fourth-order valence-electron chi connectivity index (χ4n) is 1.74. The molecule has 0 spiro atoms. The van der Waals surface area contributed by atoms with Crippen LogP contribution in [0, 0.1) is 0 Å². The van der Waals surface area contributed by atoms with E-state index >= 15 is 0 Å². The molecule has 0 aliphatic carbocycles. The van der Waals surface area contributed by atoms with Crippen LogP contribution < -0.4 is 9.47 Å². The van der Waals surface area contributed by atoms with Crippen LogP contribution in [0.15, 0.2) is 51.5 Å². The molecule has 122 valence electrons. The van der Waals surface area contributed by atoms with Crippen LogP contribution in [0.25, 0.3) is 0 Å². The van der Waals surface area contributed by atoms with Crippen LogP contribution >= 0.6 is 0 Å². The Kier molecular flexibility index (Phi) is 4.82. The van der Waals surface area contributed by atoms with E-state index in [-0.39, 0.29) is 22.1 Å². The van der Waals surface area contributed by atoms with Gasteiger partial charge in [-0.05, 0) is 24.3 Å². The van der Waals surface area contributed by atoms with Crippen LogP contribution in [-0.2, 0) is 10.1 Å². The molecular weight excluding hydrogens is 324 g/mol. The second-order valence-corrected chi connectivity index (χ2v) is 5.79. The van der Waals surface area contributed by atoms with Gasteiger partial charge in [0.05, 0.1) is 30.5 Å². The van der Waals surface area contributed by atoms with Crippen molar-refractivity contribution in [1.82, 2.24) is 0 Å². The molecule has 0 heterocycles. The number of rotatable bonds is 5. The van der Waals surface area contributed by atoms with E-state index in [1.165, 1.54) is 50.6 Å². The zero-order valence-corrected chi connectivity index (χ0v) is 13.1. The molecule has 2 N–H and O–H groups in total. The van der Waals surface area contributed by atoms with Crippen LogP contribution in [0.2, 0.25) is 0 Å². The molecule has 0 aliphatic rings. The molecule has 0 fully saturated rings. The van der Waals surface area contributed by atoms with E-state index in [0.717, 1.165) is 0 Å². The predicted molar refractivity (Wildman–Crippen MR) is 81.6 cm³/mol. The Bertz CT molecular complexity index is 806. The van der Waals surface area contributed by atoms with Crippen molar-refractivity contribution in [1.29, 1.82) is 0 Å². The minimum Gasteiger partial charge on any atom is -0.502 e. The summed E-state index contributed by atoms with van der Waals surface area (Å²) in [6.45, 7) is 0. The van der Waals surface area contributed by atoms with E-state index in [1.54, 1.807) is 0 Å². The summed E-state index contributed by atoms with van der Waals surface area (Å²) in [7, 11) is -1.46. The maximum Gasteiger partial charge on any atom is 0.294 e. The summed E-state index contributed by atoms with van der Waals surface area (Å²) in [6, 6.07) is 8.13. The molecule has 2 aromatic rings.